The van der Waals surface area contributed by atoms with Crippen LogP contribution in [0.3, 0.4) is 0 Å². The number of likely N-dealkylation sites (N-methyl/N-ethyl adjacent to an activating group) is 1. The number of rotatable bonds is 32. The van der Waals surface area contributed by atoms with Crippen molar-refractivity contribution in [3.05, 3.63) is 48.0 Å². The quantitative estimate of drug-likeness (QED) is 0.0523. The van der Waals surface area contributed by atoms with Crippen LogP contribution >= 0.6 is 0 Å². The topological polar surface area (TPSA) is 168 Å². The molecule has 0 unspecified atom stereocenters. The zero-order chi connectivity index (χ0) is 50.7. The Morgan fingerprint density at radius 1 is 0.809 bits per heavy atom. The molecule has 68 heavy (non-hydrogen) atoms. The summed E-state index contributed by atoms with van der Waals surface area (Å²) in [6.45, 7) is 16.6. The monoisotopic (exact) mass is 949 g/mol. The van der Waals surface area contributed by atoms with Gasteiger partial charge in [0.1, 0.15) is 17.3 Å². The Kier molecular flexibility index (Phi) is 24.5. The van der Waals surface area contributed by atoms with Crippen LogP contribution in [0.5, 0.6) is 0 Å². The van der Waals surface area contributed by atoms with Crippen LogP contribution in [-0.2, 0) is 54.3 Å². The lowest BCUT2D eigenvalue weighted by atomic mass is 9.84. The van der Waals surface area contributed by atoms with E-state index >= 15 is 0 Å². The molecule has 0 aliphatic carbocycles. The third-order valence-corrected chi connectivity index (χ3v) is 14.5. The third-order valence-electron chi connectivity index (χ3n) is 14.5. The predicted octanol–water partition coefficient (Wildman–Crippen LogP) is 7.44. The first-order valence-electron chi connectivity index (χ1n) is 25.3. The number of amides is 5. The Morgan fingerprint density at radius 2 is 1.44 bits per heavy atom. The second kappa shape index (κ2) is 28.8. The van der Waals surface area contributed by atoms with Gasteiger partial charge in [0.15, 0.2) is 0 Å². The highest BCUT2D eigenvalue weighted by molar-refractivity contribution is 6.12. The Morgan fingerprint density at radius 3 is 2.00 bits per heavy atom. The molecule has 1 saturated heterocycles. The first-order chi connectivity index (χ1) is 32.3. The van der Waals surface area contributed by atoms with Gasteiger partial charge in [-0.25, -0.2) is 0 Å². The number of carbonyl (C=O) groups excluding carboxylic acids is 8. The fraction of sp³-hybridized carbons (Fsp3) is 0.704. The van der Waals surface area contributed by atoms with Crippen LogP contribution in [-0.4, -0.2) is 138 Å². The number of likely N-dealkylation sites (tertiary alicyclic amines) is 1. The highest BCUT2D eigenvalue weighted by Gasteiger charge is 2.43. The average molecular weight is 949 g/mol. The van der Waals surface area contributed by atoms with E-state index in [0.29, 0.717) is 71.0 Å². The molecule has 1 fully saturated rings. The number of ketones is 3. The molecule has 14 nitrogen and oxygen atoms in total. The van der Waals surface area contributed by atoms with Gasteiger partial charge in [0.05, 0.1) is 30.7 Å². The smallest absolute Gasteiger partial charge is 0.253 e. The lowest BCUT2D eigenvalue weighted by Crippen LogP contribution is -2.54. The second-order valence-electron chi connectivity index (χ2n) is 20.0. The molecule has 5 amide bonds. The summed E-state index contributed by atoms with van der Waals surface area (Å²) in [4.78, 5) is 112. The van der Waals surface area contributed by atoms with Gasteiger partial charge in [-0.1, -0.05) is 77.8 Å². The molecule has 1 aromatic carbocycles. The summed E-state index contributed by atoms with van der Waals surface area (Å²) in [6.07, 6.45) is 8.28. The van der Waals surface area contributed by atoms with E-state index in [1.807, 2.05) is 83.7 Å². The molecule has 14 heteroatoms. The van der Waals surface area contributed by atoms with E-state index in [1.165, 1.54) is 24.0 Å². The Bertz CT molecular complexity index is 1850. The van der Waals surface area contributed by atoms with Gasteiger partial charge in [-0.05, 0) is 83.1 Å². The molecule has 3 rings (SSSR count). The van der Waals surface area contributed by atoms with E-state index in [4.69, 9.17) is 9.47 Å². The van der Waals surface area contributed by atoms with Crippen LogP contribution in [0, 0.1) is 29.6 Å². The molecule has 0 N–H and O–H groups in total. The number of hydrogen-bond acceptors (Lipinski definition) is 10. The van der Waals surface area contributed by atoms with E-state index in [-0.39, 0.29) is 90.1 Å². The Labute approximate surface area is 407 Å². The fourth-order valence-electron chi connectivity index (χ4n) is 10.0. The molecule has 2 aliphatic rings. The fourth-order valence-corrected chi connectivity index (χ4v) is 10.0. The van der Waals surface area contributed by atoms with Crippen molar-refractivity contribution >= 4 is 46.9 Å². The summed E-state index contributed by atoms with van der Waals surface area (Å²) >= 11 is 0. The number of carbonyl (C=O) groups is 8. The van der Waals surface area contributed by atoms with Crippen molar-refractivity contribution < 1.29 is 47.8 Å². The number of unbranched alkanes of at least 4 members (excludes halogenated alkanes) is 3. The minimum atomic E-state index is -0.649. The standard InChI is InChI=1S/C54H84N4O10/c1-12-38(6)52(47(67-10)35-51(65)57-31-21-26-45(57)53(68-11)39(7)46(61)33-42(40(8)59)32-41-22-15-13-16-23-41)55(9)54(66)44(36(2)3)34-50(64)56(37(4)5)29-20-18-25-43(60)24-17-14-19-30-58-48(62)27-28-49(58)63/h13,15-16,22-23,27-28,36-39,42,44-45,47,52-53H,12,14,17-21,24-26,29-35H2,1-11H3/t38-,39-,42+,44-,45-,47+,52-,53+/m0/s1. The van der Waals surface area contributed by atoms with Gasteiger partial charge in [-0.2, -0.15) is 0 Å². The molecule has 8 atom stereocenters. The number of Topliss-reactive ketones (excluding diaryl/α,β-unsaturated/α-hetero) is 3. The summed E-state index contributed by atoms with van der Waals surface area (Å²) in [5.41, 5.74) is 0.994. The van der Waals surface area contributed by atoms with Crippen LogP contribution < -0.4 is 0 Å². The van der Waals surface area contributed by atoms with Crippen LogP contribution in [0.2, 0.25) is 0 Å². The maximum atomic E-state index is 14.6. The van der Waals surface area contributed by atoms with Gasteiger partial charge in [0.2, 0.25) is 17.7 Å². The summed E-state index contributed by atoms with van der Waals surface area (Å²) in [5, 5.41) is 0. The summed E-state index contributed by atoms with van der Waals surface area (Å²) < 4.78 is 12.1. The highest BCUT2D eigenvalue weighted by atomic mass is 16.5. The molecular weight excluding hydrogens is 865 g/mol. The van der Waals surface area contributed by atoms with E-state index in [9.17, 15) is 38.4 Å². The van der Waals surface area contributed by atoms with Gasteiger partial charge in [0.25, 0.3) is 11.8 Å². The van der Waals surface area contributed by atoms with Crippen LogP contribution in [0.1, 0.15) is 144 Å². The SMILES string of the molecule is CC[C@H](C)[C@@H]([C@@H](CC(=O)N1CCC[C@H]1[C@H](OC)[C@@H](C)C(=O)C[C@@H](Cc1ccccc1)C(C)=O)OC)N(C)C(=O)[C@@H](CC(=O)N(CCCCC(=O)CCCCCN1C(=O)C=CC1=O)C(C)C)C(C)C. The van der Waals surface area contributed by atoms with Crippen LogP contribution in [0.4, 0.5) is 0 Å². The number of imide groups is 1. The zero-order valence-electron chi connectivity index (χ0n) is 43.2. The maximum Gasteiger partial charge on any atom is 0.253 e. The number of benzene rings is 1. The minimum absolute atomic E-state index is 0.0117. The molecule has 0 radical (unpaired) electrons. The lowest BCUT2D eigenvalue weighted by molar-refractivity contribution is -0.150. The van der Waals surface area contributed by atoms with E-state index in [1.54, 1.807) is 31.1 Å². The molecule has 0 spiro atoms. The number of hydrogen-bond donors (Lipinski definition) is 0. The minimum Gasteiger partial charge on any atom is -0.379 e. The van der Waals surface area contributed by atoms with Crippen molar-refractivity contribution in [1.29, 1.82) is 0 Å². The van der Waals surface area contributed by atoms with Crippen LogP contribution in [0.25, 0.3) is 0 Å². The van der Waals surface area contributed by atoms with E-state index in [0.717, 1.165) is 24.8 Å². The van der Waals surface area contributed by atoms with Gasteiger partial charge < -0.3 is 24.2 Å². The number of methoxy groups -OCH3 is 2. The third kappa shape index (κ3) is 16.8. The second-order valence-corrected chi connectivity index (χ2v) is 20.0. The summed E-state index contributed by atoms with van der Waals surface area (Å²) in [5.74, 6) is -2.83. The van der Waals surface area contributed by atoms with Crippen LogP contribution in [0.15, 0.2) is 42.5 Å². The first-order valence-corrected chi connectivity index (χ1v) is 25.3. The Balaban J connectivity index is 1.62. The molecule has 0 bridgehead atoms. The van der Waals surface area contributed by atoms with E-state index < -0.39 is 36.0 Å². The maximum absolute atomic E-state index is 14.6. The molecule has 2 aliphatic heterocycles. The Hall–Kier alpha value is -4.56. The van der Waals surface area contributed by atoms with Crippen molar-refractivity contribution in [1.82, 2.24) is 19.6 Å². The molecule has 380 valence electrons. The van der Waals surface area contributed by atoms with Crippen molar-refractivity contribution in [3.8, 4) is 0 Å². The number of nitrogens with zero attached hydrogens (tertiary/aromatic N) is 4. The van der Waals surface area contributed by atoms with Gasteiger partial charge in [-0.15, -0.1) is 0 Å². The largest absolute Gasteiger partial charge is 0.379 e. The van der Waals surface area contributed by atoms with Crippen molar-refractivity contribution in [2.45, 2.75) is 176 Å². The lowest BCUT2D eigenvalue weighted by Gasteiger charge is -2.41. The number of ether oxygens (including phenoxy) is 2. The van der Waals surface area contributed by atoms with Gasteiger partial charge in [0, 0.05) is 103 Å². The highest BCUT2D eigenvalue weighted by Crippen LogP contribution is 2.32. The zero-order valence-corrected chi connectivity index (χ0v) is 43.2. The van der Waals surface area contributed by atoms with Gasteiger partial charge >= 0.3 is 0 Å². The van der Waals surface area contributed by atoms with Gasteiger partial charge in [-0.3, -0.25) is 43.3 Å². The molecule has 0 aromatic heterocycles. The summed E-state index contributed by atoms with van der Waals surface area (Å²) in [7, 11) is 4.88. The molecule has 1 aromatic rings. The van der Waals surface area contributed by atoms with Crippen molar-refractivity contribution in [3.63, 3.8) is 0 Å². The molecular formula is C54H84N4O10. The average Bonchev–Trinajstić information content (AvgIpc) is 3.92. The van der Waals surface area contributed by atoms with Crippen molar-refractivity contribution in [2.24, 2.45) is 29.6 Å². The molecule has 2 heterocycles. The predicted molar refractivity (Wildman–Crippen MR) is 263 cm³/mol. The molecule has 0 saturated carbocycles. The van der Waals surface area contributed by atoms with Crippen molar-refractivity contribution in [2.75, 3.05) is 40.9 Å². The first kappa shape index (κ1) is 57.8. The van der Waals surface area contributed by atoms with E-state index in [2.05, 4.69) is 0 Å². The normalized spacial score (nSPS) is 18.1. The summed E-state index contributed by atoms with van der Waals surface area (Å²) in [6, 6.07) is 8.75.